The molecule has 4 rings (SSSR count). The van der Waals surface area contributed by atoms with Crippen LogP contribution < -0.4 is 10.6 Å². The Hall–Kier alpha value is -2.70. The normalized spacial score (nSPS) is 13.1. The van der Waals surface area contributed by atoms with Crippen molar-refractivity contribution in [2.24, 2.45) is 0 Å². The Bertz CT molecular complexity index is 1490. The first-order valence-corrected chi connectivity index (χ1v) is 15.4. The van der Waals surface area contributed by atoms with E-state index < -0.39 is 14.9 Å². The van der Waals surface area contributed by atoms with Gasteiger partial charge in [0.1, 0.15) is 11.5 Å². The fraction of sp³-hybridized carbons (Fsp3) is 0.286. The molecular weight excluding hydrogens is 518 g/mol. The molecule has 2 N–H and O–H groups in total. The van der Waals surface area contributed by atoms with E-state index in [2.05, 4.69) is 0 Å². The van der Waals surface area contributed by atoms with Gasteiger partial charge in [0.15, 0.2) is 0 Å². The van der Waals surface area contributed by atoms with Crippen molar-refractivity contribution in [1.82, 2.24) is 18.7 Å². The van der Waals surface area contributed by atoms with Crippen LogP contribution in [-0.4, -0.2) is 85.3 Å². The van der Waals surface area contributed by atoms with Crippen LogP contribution in [0.15, 0.2) is 60.7 Å². The van der Waals surface area contributed by atoms with Gasteiger partial charge in [-0.2, -0.15) is 0 Å². The summed E-state index contributed by atoms with van der Waals surface area (Å²) in [4.78, 5) is 0. The van der Waals surface area contributed by atoms with Crippen LogP contribution in [0.5, 0.6) is 11.5 Å². The number of benzene rings is 4. The van der Waals surface area contributed by atoms with Gasteiger partial charge in [0.2, 0.25) is 14.9 Å². The van der Waals surface area contributed by atoms with Gasteiger partial charge in [0.25, 0.3) is 0 Å². The highest BCUT2D eigenvalue weighted by atomic mass is 31.2. The Morgan fingerprint density at radius 2 is 0.816 bits per heavy atom. The van der Waals surface area contributed by atoms with Crippen molar-refractivity contribution in [3.05, 3.63) is 60.7 Å². The summed E-state index contributed by atoms with van der Waals surface area (Å²) in [5.74, 6) is -0.367. The number of phenolic OH excluding ortho intramolecular Hbond substituents is 2. The highest BCUT2D eigenvalue weighted by Gasteiger charge is 2.38. The van der Waals surface area contributed by atoms with Gasteiger partial charge in [-0.1, -0.05) is 48.5 Å². The molecule has 0 aliphatic heterocycles. The maximum atomic E-state index is 14.4. The molecule has 0 saturated carbocycles. The fourth-order valence-electron chi connectivity index (χ4n) is 5.17. The molecule has 4 aromatic rings. The maximum absolute atomic E-state index is 14.4. The van der Waals surface area contributed by atoms with Crippen LogP contribution in [0, 0.1) is 0 Å². The number of hydrogen-bond acceptors (Lipinski definition) is 4. The van der Waals surface area contributed by atoms with Gasteiger partial charge in [-0.3, -0.25) is 9.13 Å². The van der Waals surface area contributed by atoms with Gasteiger partial charge in [-0.15, -0.1) is 0 Å². The first kappa shape index (κ1) is 28.3. The molecule has 0 bridgehead atoms. The van der Waals surface area contributed by atoms with Gasteiger partial charge in [-0.25, -0.2) is 18.7 Å². The zero-order valence-corrected chi connectivity index (χ0v) is 25.0. The average molecular weight is 555 g/mol. The van der Waals surface area contributed by atoms with Crippen molar-refractivity contribution in [2.45, 2.75) is 0 Å². The second kappa shape index (κ2) is 10.1. The second-order valence-corrected chi connectivity index (χ2v) is 16.5. The molecule has 0 radical (unpaired) electrons. The minimum atomic E-state index is -3.39. The molecule has 0 aliphatic carbocycles. The Kier molecular flexibility index (Phi) is 7.54. The Labute approximate surface area is 224 Å². The highest BCUT2D eigenvalue weighted by Crippen LogP contribution is 2.57. The third-order valence-corrected chi connectivity index (χ3v) is 13.3. The van der Waals surface area contributed by atoms with Crippen LogP contribution in [0.1, 0.15) is 0 Å². The number of fused-ring (bicyclic) bond motifs is 2. The molecule has 4 aromatic carbocycles. The first-order valence-electron chi connectivity index (χ1n) is 12.2. The number of rotatable bonds is 7. The molecule has 8 nitrogen and oxygen atoms in total. The van der Waals surface area contributed by atoms with Crippen molar-refractivity contribution in [2.75, 3.05) is 56.4 Å². The van der Waals surface area contributed by atoms with Crippen molar-refractivity contribution in [3.63, 3.8) is 0 Å². The van der Waals surface area contributed by atoms with Crippen LogP contribution in [0.3, 0.4) is 0 Å². The van der Waals surface area contributed by atoms with E-state index in [9.17, 15) is 19.3 Å². The lowest BCUT2D eigenvalue weighted by Gasteiger charge is -2.33. The summed E-state index contributed by atoms with van der Waals surface area (Å²) in [7, 11) is 6.94. The van der Waals surface area contributed by atoms with E-state index in [0.29, 0.717) is 21.9 Å². The van der Waals surface area contributed by atoms with Gasteiger partial charge in [0.05, 0.1) is 10.6 Å². The zero-order chi connectivity index (χ0) is 28.2. The third kappa shape index (κ3) is 4.17. The second-order valence-electron chi connectivity index (χ2n) is 10.2. The van der Waals surface area contributed by atoms with E-state index in [1.54, 1.807) is 87.2 Å². The monoisotopic (exact) mass is 554 g/mol. The molecule has 0 aliphatic rings. The molecule has 0 atom stereocenters. The van der Waals surface area contributed by atoms with Crippen LogP contribution in [0.25, 0.3) is 32.7 Å². The predicted molar refractivity (Wildman–Crippen MR) is 159 cm³/mol. The SMILES string of the molecule is CN(C)P(=O)(c1cc2ccccc2c(-c2c(O)c(P(=O)(N(C)C)N(C)C)cc3ccccc23)c1O)N(C)C. The fourth-order valence-corrected chi connectivity index (χ4v) is 9.72. The van der Waals surface area contributed by atoms with Crippen LogP contribution in [0.4, 0.5) is 0 Å². The predicted octanol–water partition coefficient (Wildman–Crippen LogP) is 4.95. The topological polar surface area (TPSA) is 87.6 Å². The molecule has 0 amide bonds. The van der Waals surface area contributed by atoms with E-state index >= 15 is 0 Å². The van der Waals surface area contributed by atoms with Gasteiger partial charge in [0, 0.05) is 11.1 Å². The standard InChI is InChI=1S/C28H36N4O4P2/c1-29(2)37(35,30(3)4)23-17-19-13-9-11-15-21(19)25(27(23)33)26-22-16-12-10-14-20(22)18-24(28(26)34)38(36,31(5)6)32(7)8/h9-18,33-34H,1-8H3. The van der Waals surface area contributed by atoms with Gasteiger partial charge >= 0.3 is 0 Å². The summed E-state index contributed by atoms with van der Waals surface area (Å²) in [5, 5.41) is 27.3. The van der Waals surface area contributed by atoms with Crippen molar-refractivity contribution >= 4 is 47.0 Å². The molecule has 0 heterocycles. The Morgan fingerprint density at radius 3 is 1.11 bits per heavy atom. The first-order chi connectivity index (χ1) is 17.8. The minimum Gasteiger partial charge on any atom is -0.506 e. The van der Waals surface area contributed by atoms with Crippen molar-refractivity contribution in [3.8, 4) is 22.6 Å². The largest absolute Gasteiger partial charge is 0.506 e. The number of aromatic hydroxyl groups is 2. The summed E-state index contributed by atoms with van der Waals surface area (Å²) < 4.78 is 35.2. The molecule has 10 heteroatoms. The summed E-state index contributed by atoms with van der Waals surface area (Å²) in [5.41, 5.74) is 0.697. The summed E-state index contributed by atoms with van der Waals surface area (Å²) >= 11 is 0. The zero-order valence-electron chi connectivity index (χ0n) is 23.2. The number of hydrogen-bond donors (Lipinski definition) is 2. The lowest BCUT2D eigenvalue weighted by atomic mass is 9.92. The quantitative estimate of drug-likeness (QED) is 0.310. The maximum Gasteiger partial charge on any atom is 0.248 e. The van der Waals surface area contributed by atoms with Crippen LogP contribution >= 0.6 is 14.9 Å². The minimum absolute atomic E-state index is 0.184. The summed E-state index contributed by atoms with van der Waals surface area (Å²) in [6, 6.07) is 18.5. The molecule has 0 unspecified atom stereocenters. The van der Waals surface area contributed by atoms with Gasteiger partial charge in [-0.05, 0) is 90.1 Å². The van der Waals surface area contributed by atoms with Crippen molar-refractivity contribution in [1.29, 1.82) is 0 Å². The Balaban J connectivity index is 2.28. The molecule has 0 fully saturated rings. The molecule has 0 saturated heterocycles. The van der Waals surface area contributed by atoms with Crippen LogP contribution in [-0.2, 0) is 9.13 Å². The summed E-state index contributed by atoms with van der Waals surface area (Å²) in [6.45, 7) is 0. The molecule has 0 spiro atoms. The Morgan fingerprint density at radius 1 is 0.526 bits per heavy atom. The third-order valence-electron chi connectivity index (χ3n) is 7.05. The smallest absolute Gasteiger partial charge is 0.248 e. The number of nitrogens with zero attached hydrogens (tertiary/aromatic N) is 4. The van der Waals surface area contributed by atoms with E-state index in [4.69, 9.17) is 0 Å². The molecule has 38 heavy (non-hydrogen) atoms. The molecule has 202 valence electrons. The molecular formula is C28H36N4O4P2. The summed E-state index contributed by atoms with van der Waals surface area (Å²) in [6.07, 6.45) is 0. The molecule has 0 aromatic heterocycles. The van der Waals surface area contributed by atoms with Crippen molar-refractivity contribution < 1.29 is 19.3 Å². The van der Waals surface area contributed by atoms with E-state index in [-0.39, 0.29) is 22.1 Å². The van der Waals surface area contributed by atoms with Gasteiger partial charge < -0.3 is 10.2 Å². The van der Waals surface area contributed by atoms with E-state index in [1.165, 1.54) is 0 Å². The van der Waals surface area contributed by atoms with E-state index in [1.807, 2.05) is 48.5 Å². The lowest BCUT2D eigenvalue weighted by Crippen LogP contribution is -2.29. The highest BCUT2D eigenvalue weighted by molar-refractivity contribution is 7.67. The van der Waals surface area contributed by atoms with Crippen LogP contribution in [0.2, 0.25) is 0 Å². The number of phenols is 2. The lowest BCUT2D eigenvalue weighted by molar-refractivity contribution is 0.449. The van der Waals surface area contributed by atoms with E-state index in [0.717, 1.165) is 10.8 Å². The average Bonchev–Trinajstić information content (AvgIpc) is 2.87.